The fraction of sp³-hybridized carbons (Fsp3) is 0.833. The quantitative estimate of drug-likeness (QED) is 0.324. The summed E-state index contributed by atoms with van der Waals surface area (Å²) < 4.78 is 12.7. The zero-order valence-corrected chi connectivity index (χ0v) is 18.9. The SMILES string of the molecule is CC(C)(C)[Si](C)(C)OCC[C@H](/C=C/C=O)O[Si](C)(C)C(C)(C)C. The molecule has 0 bridgehead atoms. The van der Waals surface area contributed by atoms with Crippen LogP contribution in [-0.2, 0) is 13.6 Å². The van der Waals surface area contributed by atoms with E-state index in [0.29, 0.717) is 6.61 Å². The third kappa shape index (κ3) is 7.46. The summed E-state index contributed by atoms with van der Waals surface area (Å²) >= 11 is 0. The number of hydrogen-bond donors (Lipinski definition) is 0. The van der Waals surface area contributed by atoms with Gasteiger partial charge in [0.25, 0.3) is 0 Å². The van der Waals surface area contributed by atoms with Crippen LogP contribution in [0.25, 0.3) is 0 Å². The Labute approximate surface area is 146 Å². The van der Waals surface area contributed by atoms with Gasteiger partial charge in [-0.2, -0.15) is 0 Å². The second-order valence-corrected chi connectivity index (χ2v) is 18.9. The highest BCUT2D eigenvalue weighted by Gasteiger charge is 2.39. The lowest BCUT2D eigenvalue weighted by Crippen LogP contribution is -2.44. The molecule has 0 unspecified atom stereocenters. The Morgan fingerprint density at radius 2 is 1.39 bits per heavy atom. The minimum atomic E-state index is -1.86. The fourth-order valence-electron chi connectivity index (χ4n) is 1.57. The van der Waals surface area contributed by atoms with E-state index in [1.807, 2.05) is 6.08 Å². The summed E-state index contributed by atoms with van der Waals surface area (Å²) in [6.45, 7) is 23.1. The summed E-state index contributed by atoms with van der Waals surface area (Å²) in [4.78, 5) is 10.7. The summed E-state index contributed by atoms with van der Waals surface area (Å²) in [6, 6.07) is 0. The van der Waals surface area contributed by atoms with Gasteiger partial charge in [-0.25, -0.2) is 0 Å². The van der Waals surface area contributed by atoms with E-state index >= 15 is 0 Å². The molecule has 1 atom stereocenters. The Kier molecular flexibility index (Phi) is 8.15. The summed E-state index contributed by atoms with van der Waals surface area (Å²) in [5.41, 5.74) is 0. The molecule has 0 aliphatic heterocycles. The standard InChI is InChI=1S/C18H38O3Si2/c1-17(2,3)22(7,8)20-15-13-16(12-11-14-19)21-23(9,10)18(4,5)6/h11-12,14,16H,13,15H2,1-10H3/b12-11+/t16-/m0/s1. The van der Waals surface area contributed by atoms with Gasteiger partial charge in [-0.15, -0.1) is 0 Å². The van der Waals surface area contributed by atoms with Crippen LogP contribution in [0.4, 0.5) is 0 Å². The van der Waals surface area contributed by atoms with Gasteiger partial charge in [0.2, 0.25) is 0 Å². The Bertz CT molecular complexity index is 401. The van der Waals surface area contributed by atoms with Crippen LogP contribution in [0.5, 0.6) is 0 Å². The van der Waals surface area contributed by atoms with Crippen molar-refractivity contribution in [3.63, 3.8) is 0 Å². The molecule has 5 heteroatoms. The largest absolute Gasteiger partial charge is 0.417 e. The molecule has 0 rings (SSSR count). The van der Waals surface area contributed by atoms with Gasteiger partial charge in [0.15, 0.2) is 16.6 Å². The highest BCUT2D eigenvalue weighted by atomic mass is 28.4. The van der Waals surface area contributed by atoms with Crippen molar-refractivity contribution in [2.45, 2.75) is 90.3 Å². The van der Waals surface area contributed by atoms with E-state index in [4.69, 9.17) is 8.85 Å². The Hall–Kier alpha value is -0.236. The maximum absolute atomic E-state index is 10.7. The van der Waals surface area contributed by atoms with E-state index < -0.39 is 16.6 Å². The highest BCUT2D eigenvalue weighted by molar-refractivity contribution is 6.74. The van der Waals surface area contributed by atoms with Crippen molar-refractivity contribution in [3.05, 3.63) is 12.2 Å². The molecule has 0 saturated carbocycles. The Balaban J connectivity index is 4.84. The van der Waals surface area contributed by atoms with Gasteiger partial charge in [-0.3, -0.25) is 4.79 Å². The zero-order valence-electron chi connectivity index (χ0n) is 16.9. The normalized spacial score (nSPS) is 15.9. The molecular formula is C18H38O3Si2. The number of carbonyl (C=O) groups excluding carboxylic acids is 1. The van der Waals surface area contributed by atoms with Crippen LogP contribution in [-0.4, -0.2) is 35.6 Å². The first-order valence-corrected chi connectivity index (χ1v) is 14.4. The molecule has 0 radical (unpaired) electrons. The van der Waals surface area contributed by atoms with Crippen LogP contribution in [0, 0.1) is 0 Å². The van der Waals surface area contributed by atoms with Gasteiger partial charge in [0.1, 0.15) is 6.29 Å². The van der Waals surface area contributed by atoms with Crippen molar-refractivity contribution in [2.75, 3.05) is 6.61 Å². The lowest BCUT2D eigenvalue weighted by Gasteiger charge is -2.39. The zero-order chi connectivity index (χ0) is 18.5. The molecular weight excluding hydrogens is 320 g/mol. The molecule has 0 aromatic carbocycles. The van der Waals surface area contributed by atoms with Crippen molar-refractivity contribution in [1.82, 2.24) is 0 Å². The predicted molar refractivity (Wildman–Crippen MR) is 105 cm³/mol. The highest BCUT2D eigenvalue weighted by Crippen LogP contribution is 2.38. The Morgan fingerprint density at radius 1 is 0.913 bits per heavy atom. The summed E-state index contributed by atoms with van der Waals surface area (Å²) in [7, 11) is -3.60. The molecule has 3 nitrogen and oxygen atoms in total. The van der Waals surface area contributed by atoms with Crippen LogP contribution in [0.3, 0.4) is 0 Å². The first kappa shape index (κ1) is 22.8. The summed E-state index contributed by atoms with van der Waals surface area (Å²) in [5.74, 6) is 0. The molecule has 0 spiro atoms. The van der Waals surface area contributed by atoms with E-state index in [2.05, 4.69) is 67.7 Å². The van der Waals surface area contributed by atoms with Gasteiger partial charge in [-0.1, -0.05) is 47.6 Å². The van der Waals surface area contributed by atoms with E-state index in [1.165, 1.54) is 0 Å². The van der Waals surface area contributed by atoms with Crippen LogP contribution in [0.2, 0.25) is 36.3 Å². The topological polar surface area (TPSA) is 35.5 Å². The number of allylic oxidation sites excluding steroid dienone is 1. The maximum Gasteiger partial charge on any atom is 0.192 e. The first-order valence-electron chi connectivity index (χ1n) is 8.58. The van der Waals surface area contributed by atoms with Gasteiger partial charge < -0.3 is 8.85 Å². The molecule has 0 amide bonds. The van der Waals surface area contributed by atoms with Crippen molar-refractivity contribution in [2.24, 2.45) is 0 Å². The first-order chi connectivity index (χ1) is 10.1. The maximum atomic E-state index is 10.7. The molecule has 0 heterocycles. The van der Waals surface area contributed by atoms with E-state index in [-0.39, 0.29) is 16.2 Å². The van der Waals surface area contributed by atoms with Crippen molar-refractivity contribution in [3.8, 4) is 0 Å². The second-order valence-electron chi connectivity index (χ2n) is 9.34. The van der Waals surface area contributed by atoms with Crippen molar-refractivity contribution in [1.29, 1.82) is 0 Å². The number of aldehydes is 1. The molecule has 23 heavy (non-hydrogen) atoms. The summed E-state index contributed by atoms with van der Waals surface area (Å²) in [6.07, 6.45) is 4.98. The Morgan fingerprint density at radius 3 is 1.78 bits per heavy atom. The second kappa shape index (κ2) is 8.23. The van der Waals surface area contributed by atoms with Crippen LogP contribution >= 0.6 is 0 Å². The molecule has 136 valence electrons. The summed E-state index contributed by atoms with van der Waals surface area (Å²) in [5, 5.41) is 0.363. The molecule has 0 N–H and O–H groups in total. The molecule has 0 aromatic rings. The van der Waals surface area contributed by atoms with Crippen LogP contribution < -0.4 is 0 Å². The smallest absolute Gasteiger partial charge is 0.192 e. The van der Waals surface area contributed by atoms with Gasteiger partial charge in [0.05, 0.1) is 6.10 Å². The van der Waals surface area contributed by atoms with E-state index in [9.17, 15) is 4.79 Å². The average Bonchev–Trinajstić information content (AvgIpc) is 2.32. The average molecular weight is 359 g/mol. The van der Waals surface area contributed by atoms with Crippen molar-refractivity contribution < 1.29 is 13.6 Å². The number of rotatable bonds is 8. The molecule has 0 fully saturated rings. The van der Waals surface area contributed by atoms with Crippen LogP contribution in [0.1, 0.15) is 48.0 Å². The molecule has 0 aliphatic rings. The third-order valence-corrected chi connectivity index (χ3v) is 14.4. The minimum Gasteiger partial charge on any atom is -0.417 e. The molecule has 0 saturated heterocycles. The lowest BCUT2D eigenvalue weighted by atomic mass is 10.2. The monoisotopic (exact) mass is 358 g/mol. The molecule has 0 aromatic heterocycles. The van der Waals surface area contributed by atoms with Crippen LogP contribution in [0.15, 0.2) is 12.2 Å². The van der Waals surface area contributed by atoms with Gasteiger partial charge in [-0.05, 0) is 48.8 Å². The van der Waals surface area contributed by atoms with Gasteiger partial charge in [0, 0.05) is 6.61 Å². The van der Waals surface area contributed by atoms with E-state index in [0.717, 1.165) is 12.7 Å². The van der Waals surface area contributed by atoms with Crippen molar-refractivity contribution >= 4 is 22.9 Å². The lowest BCUT2D eigenvalue weighted by molar-refractivity contribution is -0.104. The third-order valence-electron chi connectivity index (χ3n) is 5.33. The predicted octanol–water partition coefficient (Wildman–Crippen LogP) is 5.54. The van der Waals surface area contributed by atoms with E-state index in [1.54, 1.807) is 6.08 Å². The number of hydrogen-bond acceptors (Lipinski definition) is 3. The molecule has 0 aliphatic carbocycles. The minimum absolute atomic E-state index is 0.0501. The van der Waals surface area contributed by atoms with Gasteiger partial charge >= 0.3 is 0 Å². The number of carbonyl (C=O) groups is 1. The fourth-order valence-corrected chi connectivity index (χ4v) is 3.93.